The van der Waals surface area contributed by atoms with Gasteiger partial charge in [0.15, 0.2) is 6.29 Å². The Labute approximate surface area is 173 Å². The van der Waals surface area contributed by atoms with Gasteiger partial charge in [0.1, 0.15) is 5.75 Å². The number of carbonyl (C=O) groups is 2. The van der Waals surface area contributed by atoms with E-state index in [4.69, 9.17) is 16.3 Å². The van der Waals surface area contributed by atoms with Crippen LogP contribution in [0.2, 0.25) is 5.02 Å². The highest BCUT2D eigenvalue weighted by Gasteiger charge is 2.23. The summed E-state index contributed by atoms with van der Waals surface area (Å²) in [6.45, 7) is 1.89. The van der Waals surface area contributed by atoms with Gasteiger partial charge in [-0.25, -0.2) is 4.99 Å². The van der Waals surface area contributed by atoms with Crippen LogP contribution in [-0.2, 0) is 4.79 Å². The molecule has 2 aromatic rings. The number of rotatable bonds is 4. The van der Waals surface area contributed by atoms with Gasteiger partial charge < -0.3 is 15.4 Å². The minimum absolute atomic E-state index is 0.0385. The standard InChI is InChI=1S/C20H22ClN5O3/c1-12-10-17(27)24-19(22-12)26-20(23-15-6-8-16(29-2)9-7-15)25-18(28)13-4-3-5-14(21)11-13/h3-9,11-12,19,22H,10H2,1-2H3,(H,24,27)(H2,23,25,26,28). The van der Waals surface area contributed by atoms with Crippen LogP contribution in [0.5, 0.6) is 5.75 Å². The van der Waals surface area contributed by atoms with Crippen molar-refractivity contribution in [2.24, 2.45) is 4.99 Å². The zero-order chi connectivity index (χ0) is 20.8. The van der Waals surface area contributed by atoms with E-state index < -0.39 is 6.29 Å². The number of nitrogens with zero attached hydrogens (tertiary/aromatic N) is 1. The number of benzene rings is 2. The van der Waals surface area contributed by atoms with E-state index in [1.165, 1.54) is 0 Å². The molecular weight excluding hydrogens is 394 g/mol. The Morgan fingerprint density at radius 2 is 2.00 bits per heavy atom. The summed E-state index contributed by atoms with van der Waals surface area (Å²) in [6, 6.07) is 13.7. The fourth-order valence-electron chi connectivity index (χ4n) is 2.77. The predicted octanol–water partition coefficient (Wildman–Crippen LogP) is 2.33. The third-order valence-corrected chi connectivity index (χ3v) is 4.40. The van der Waals surface area contributed by atoms with Gasteiger partial charge in [0, 0.05) is 28.7 Å². The quantitative estimate of drug-likeness (QED) is 0.453. The molecule has 8 nitrogen and oxygen atoms in total. The van der Waals surface area contributed by atoms with Gasteiger partial charge in [-0.3, -0.25) is 20.2 Å². The Kier molecular flexibility index (Phi) is 6.69. The molecule has 1 aliphatic rings. The van der Waals surface area contributed by atoms with Crippen molar-refractivity contribution in [1.29, 1.82) is 0 Å². The second-order valence-electron chi connectivity index (χ2n) is 6.54. The van der Waals surface area contributed by atoms with Crippen LogP contribution >= 0.6 is 11.6 Å². The predicted molar refractivity (Wildman–Crippen MR) is 112 cm³/mol. The molecule has 2 aromatic carbocycles. The van der Waals surface area contributed by atoms with Gasteiger partial charge in [0.2, 0.25) is 11.9 Å². The third-order valence-electron chi connectivity index (χ3n) is 4.16. The van der Waals surface area contributed by atoms with E-state index in [0.717, 1.165) is 0 Å². The highest BCUT2D eigenvalue weighted by Crippen LogP contribution is 2.15. The van der Waals surface area contributed by atoms with Gasteiger partial charge in [-0.1, -0.05) is 17.7 Å². The number of amides is 2. The molecular formula is C20H22ClN5O3. The third kappa shape index (κ3) is 5.94. The van der Waals surface area contributed by atoms with Crippen LogP contribution in [0.25, 0.3) is 0 Å². The number of hydrogen-bond acceptors (Lipinski definition) is 5. The van der Waals surface area contributed by atoms with E-state index in [1.807, 2.05) is 6.92 Å². The molecule has 0 radical (unpaired) electrons. The zero-order valence-corrected chi connectivity index (χ0v) is 16.8. The number of methoxy groups -OCH3 is 1. The van der Waals surface area contributed by atoms with Crippen molar-refractivity contribution in [3.8, 4) is 5.75 Å². The second kappa shape index (κ2) is 9.40. The maximum atomic E-state index is 12.6. The first-order valence-corrected chi connectivity index (χ1v) is 9.42. The molecule has 1 saturated heterocycles. The molecule has 0 aliphatic carbocycles. The lowest BCUT2D eigenvalue weighted by atomic mass is 10.2. The van der Waals surface area contributed by atoms with Crippen molar-refractivity contribution >= 4 is 35.1 Å². The van der Waals surface area contributed by atoms with Gasteiger partial charge >= 0.3 is 0 Å². The normalized spacial score (nSPS) is 19.3. The van der Waals surface area contributed by atoms with Crippen molar-refractivity contribution in [2.45, 2.75) is 25.7 Å². The first kappa shape index (κ1) is 20.6. The van der Waals surface area contributed by atoms with E-state index in [2.05, 4.69) is 26.3 Å². The molecule has 1 heterocycles. The van der Waals surface area contributed by atoms with Crippen LogP contribution in [0, 0.1) is 0 Å². The molecule has 2 unspecified atom stereocenters. The summed E-state index contributed by atoms with van der Waals surface area (Å²) in [4.78, 5) is 28.9. The molecule has 2 atom stereocenters. The molecule has 2 amide bonds. The fourth-order valence-corrected chi connectivity index (χ4v) is 2.96. The van der Waals surface area contributed by atoms with Gasteiger partial charge in [0.25, 0.3) is 5.91 Å². The summed E-state index contributed by atoms with van der Waals surface area (Å²) in [5.41, 5.74) is 1.07. The van der Waals surface area contributed by atoms with Gasteiger partial charge in [-0.05, 0) is 49.4 Å². The summed E-state index contributed by atoms with van der Waals surface area (Å²) in [5, 5.41) is 12.1. The van der Waals surface area contributed by atoms with Crippen molar-refractivity contribution < 1.29 is 14.3 Å². The van der Waals surface area contributed by atoms with E-state index in [1.54, 1.807) is 55.6 Å². The maximum absolute atomic E-state index is 12.6. The smallest absolute Gasteiger partial charge is 0.258 e. The van der Waals surface area contributed by atoms with Crippen LogP contribution in [0.1, 0.15) is 23.7 Å². The van der Waals surface area contributed by atoms with Crippen LogP contribution in [0.15, 0.2) is 53.5 Å². The van der Waals surface area contributed by atoms with E-state index in [9.17, 15) is 9.59 Å². The first-order chi connectivity index (χ1) is 13.9. The zero-order valence-electron chi connectivity index (χ0n) is 16.0. The number of guanidine groups is 1. The number of carbonyl (C=O) groups excluding carboxylic acids is 2. The molecule has 3 rings (SSSR count). The summed E-state index contributed by atoms with van der Waals surface area (Å²) in [5.74, 6) is 0.372. The minimum atomic E-state index is -0.674. The Morgan fingerprint density at radius 1 is 1.24 bits per heavy atom. The number of anilines is 1. The SMILES string of the molecule is COc1ccc(N/C(=N/C2NC(=O)CC(C)N2)NC(=O)c2cccc(Cl)c2)cc1. The molecule has 1 aliphatic heterocycles. The number of ether oxygens (including phenoxy) is 1. The number of hydrogen-bond donors (Lipinski definition) is 4. The molecule has 1 fully saturated rings. The topological polar surface area (TPSA) is 104 Å². The first-order valence-electron chi connectivity index (χ1n) is 9.04. The van der Waals surface area contributed by atoms with Gasteiger partial charge in [0.05, 0.1) is 7.11 Å². The second-order valence-corrected chi connectivity index (χ2v) is 6.97. The van der Waals surface area contributed by atoms with Crippen LogP contribution in [0.3, 0.4) is 0 Å². The largest absolute Gasteiger partial charge is 0.497 e. The van der Waals surface area contributed by atoms with E-state index in [-0.39, 0.29) is 23.8 Å². The van der Waals surface area contributed by atoms with Crippen LogP contribution < -0.4 is 26.0 Å². The molecule has 0 spiro atoms. The molecule has 0 aromatic heterocycles. The minimum Gasteiger partial charge on any atom is -0.497 e. The number of halogens is 1. The molecule has 4 N–H and O–H groups in total. The van der Waals surface area contributed by atoms with E-state index >= 15 is 0 Å². The number of aliphatic imine (C=N–C) groups is 1. The van der Waals surface area contributed by atoms with Crippen LogP contribution in [0.4, 0.5) is 5.69 Å². The summed E-state index contributed by atoms with van der Waals surface area (Å²) < 4.78 is 5.16. The lowest BCUT2D eigenvalue weighted by Crippen LogP contribution is -2.55. The Bertz CT molecular complexity index is 917. The molecule has 9 heteroatoms. The lowest BCUT2D eigenvalue weighted by Gasteiger charge is -2.27. The highest BCUT2D eigenvalue weighted by atomic mass is 35.5. The van der Waals surface area contributed by atoms with E-state index in [0.29, 0.717) is 28.4 Å². The lowest BCUT2D eigenvalue weighted by molar-refractivity contribution is -0.124. The van der Waals surface area contributed by atoms with Gasteiger partial charge in [-0.15, -0.1) is 0 Å². The number of nitrogens with one attached hydrogen (secondary N) is 4. The van der Waals surface area contributed by atoms with Crippen molar-refractivity contribution in [3.05, 3.63) is 59.1 Å². The Hall–Kier alpha value is -3.10. The maximum Gasteiger partial charge on any atom is 0.258 e. The summed E-state index contributed by atoms with van der Waals surface area (Å²) in [6.07, 6.45) is -0.311. The van der Waals surface area contributed by atoms with Crippen LogP contribution in [-0.4, -0.2) is 37.2 Å². The van der Waals surface area contributed by atoms with Gasteiger partial charge in [-0.2, -0.15) is 0 Å². The Morgan fingerprint density at radius 3 is 2.66 bits per heavy atom. The van der Waals surface area contributed by atoms with Crippen molar-refractivity contribution in [3.63, 3.8) is 0 Å². The fraction of sp³-hybridized carbons (Fsp3) is 0.250. The van der Waals surface area contributed by atoms with Crippen molar-refractivity contribution in [1.82, 2.24) is 16.0 Å². The monoisotopic (exact) mass is 415 g/mol. The molecule has 0 bridgehead atoms. The molecule has 0 saturated carbocycles. The average molecular weight is 416 g/mol. The Balaban J connectivity index is 1.82. The molecule has 29 heavy (non-hydrogen) atoms. The highest BCUT2D eigenvalue weighted by molar-refractivity contribution is 6.31. The summed E-state index contributed by atoms with van der Waals surface area (Å²) >= 11 is 5.98. The molecule has 152 valence electrons. The average Bonchev–Trinajstić information content (AvgIpc) is 2.67. The van der Waals surface area contributed by atoms with Crippen molar-refractivity contribution in [2.75, 3.05) is 12.4 Å². The summed E-state index contributed by atoms with van der Waals surface area (Å²) in [7, 11) is 1.58.